The predicted octanol–water partition coefficient (Wildman–Crippen LogP) is 2.38. The minimum absolute atomic E-state index is 0.358. The number of hydrogen-bond donors (Lipinski definition) is 1. The Labute approximate surface area is 123 Å². The molecule has 1 N–H and O–H groups in total. The Morgan fingerprint density at radius 2 is 1.95 bits per heavy atom. The number of hydrogen-bond acceptors (Lipinski definition) is 3. The molecule has 20 heavy (non-hydrogen) atoms. The summed E-state index contributed by atoms with van der Waals surface area (Å²) in [6.07, 6.45) is 0.904. The van der Waals surface area contributed by atoms with Crippen LogP contribution in [0.15, 0.2) is 30.3 Å². The molecule has 2 atom stereocenters. The SMILES string of the molecule is CCN(CC)CC1CCN(CC(O)c2ccccc2)C1. The highest BCUT2D eigenvalue weighted by molar-refractivity contribution is 5.17. The molecule has 1 fully saturated rings. The van der Waals surface area contributed by atoms with Gasteiger partial charge >= 0.3 is 0 Å². The molecule has 1 saturated heterocycles. The lowest BCUT2D eigenvalue weighted by Crippen LogP contribution is -2.32. The maximum Gasteiger partial charge on any atom is 0.0916 e. The van der Waals surface area contributed by atoms with E-state index in [4.69, 9.17) is 0 Å². The maximum atomic E-state index is 10.3. The normalized spacial score (nSPS) is 21.5. The lowest BCUT2D eigenvalue weighted by molar-refractivity contribution is 0.122. The maximum absolute atomic E-state index is 10.3. The summed E-state index contributed by atoms with van der Waals surface area (Å²) in [5, 5.41) is 10.3. The van der Waals surface area contributed by atoms with Gasteiger partial charge in [0, 0.05) is 19.6 Å². The summed E-state index contributed by atoms with van der Waals surface area (Å²) in [6.45, 7) is 10.9. The minimum Gasteiger partial charge on any atom is -0.387 e. The molecule has 0 saturated carbocycles. The van der Waals surface area contributed by atoms with E-state index in [-0.39, 0.29) is 6.10 Å². The molecule has 1 aromatic rings. The van der Waals surface area contributed by atoms with Crippen molar-refractivity contribution < 1.29 is 5.11 Å². The monoisotopic (exact) mass is 276 g/mol. The molecule has 0 aromatic heterocycles. The van der Waals surface area contributed by atoms with Crippen molar-refractivity contribution in [2.75, 3.05) is 39.3 Å². The molecule has 0 bridgehead atoms. The second-order valence-electron chi connectivity index (χ2n) is 5.83. The molecule has 0 amide bonds. The van der Waals surface area contributed by atoms with Crippen molar-refractivity contribution in [1.29, 1.82) is 0 Å². The summed E-state index contributed by atoms with van der Waals surface area (Å²) in [7, 11) is 0. The third kappa shape index (κ3) is 4.30. The zero-order valence-corrected chi connectivity index (χ0v) is 12.8. The van der Waals surface area contributed by atoms with Gasteiger partial charge in [-0.25, -0.2) is 0 Å². The van der Waals surface area contributed by atoms with Gasteiger partial charge in [-0.3, -0.25) is 0 Å². The van der Waals surface area contributed by atoms with E-state index >= 15 is 0 Å². The van der Waals surface area contributed by atoms with Gasteiger partial charge in [-0.15, -0.1) is 0 Å². The molecule has 1 aliphatic heterocycles. The number of benzene rings is 1. The predicted molar refractivity (Wildman–Crippen MR) is 83.7 cm³/mol. The molecule has 3 heteroatoms. The second-order valence-corrected chi connectivity index (χ2v) is 5.83. The molecular formula is C17H28N2O. The highest BCUT2D eigenvalue weighted by Gasteiger charge is 2.25. The fraction of sp³-hybridized carbons (Fsp3) is 0.647. The molecule has 0 radical (unpaired) electrons. The fourth-order valence-electron chi connectivity index (χ4n) is 3.10. The molecule has 1 heterocycles. The Balaban J connectivity index is 1.78. The van der Waals surface area contributed by atoms with Crippen molar-refractivity contribution in [3.05, 3.63) is 35.9 Å². The van der Waals surface area contributed by atoms with Crippen LogP contribution in [-0.4, -0.2) is 54.2 Å². The summed E-state index contributed by atoms with van der Waals surface area (Å²) in [6, 6.07) is 9.99. The van der Waals surface area contributed by atoms with Crippen LogP contribution in [0, 0.1) is 5.92 Å². The van der Waals surface area contributed by atoms with Crippen molar-refractivity contribution >= 4 is 0 Å². The first-order valence-corrected chi connectivity index (χ1v) is 7.90. The van der Waals surface area contributed by atoms with Crippen LogP contribution in [0.4, 0.5) is 0 Å². The highest BCUT2D eigenvalue weighted by atomic mass is 16.3. The zero-order valence-electron chi connectivity index (χ0n) is 12.8. The molecule has 1 aliphatic rings. The van der Waals surface area contributed by atoms with Crippen LogP contribution in [0.5, 0.6) is 0 Å². The van der Waals surface area contributed by atoms with Gasteiger partial charge in [-0.05, 0) is 37.5 Å². The number of aliphatic hydroxyl groups excluding tert-OH is 1. The van der Waals surface area contributed by atoms with E-state index < -0.39 is 0 Å². The van der Waals surface area contributed by atoms with Gasteiger partial charge in [0.05, 0.1) is 6.10 Å². The van der Waals surface area contributed by atoms with E-state index in [9.17, 15) is 5.11 Å². The first-order chi connectivity index (χ1) is 9.72. The van der Waals surface area contributed by atoms with Crippen LogP contribution < -0.4 is 0 Å². The van der Waals surface area contributed by atoms with Crippen molar-refractivity contribution in [2.45, 2.75) is 26.4 Å². The van der Waals surface area contributed by atoms with Crippen molar-refractivity contribution in [3.63, 3.8) is 0 Å². The summed E-state index contributed by atoms with van der Waals surface area (Å²) >= 11 is 0. The largest absolute Gasteiger partial charge is 0.387 e. The van der Waals surface area contributed by atoms with E-state index in [1.165, 1.54) is 13.0 Å². The van der Waals surface area contributed by atoms with Crippen LogP contribution in [0.2, 0.25) is 0 Å². The molecule has 112 valence electrons. The zero-order chi connectivity index (χ0) is 14.4. The van der Waals surface area contributed by atoms with Gasteiger partial charge in [0.15, 0.2) is 0 Å². The van der Waals surface area contributed by atoms with Gasteiger partial charge < -0.3 is 14.9 Å². The second kappa shape index (κ2) is 7.77. The van der Waals surface area contributed by atoms with Crippen LogP contribution in [0.3, 0.4) is 0 Å². The van der Waals surface area contributed by atoms with Gasteiger partial charge in [-0.1, -0.05) is 44.2 Å². The van der Waals surface area contributed by atoms with E-state index in [0.29, 0.717) is 0 Å². The molecule has 2 unspecified atom stereocenters. The van der Waals surface area contributed by atoms with E-state index in [1.54, 1.807) is 0 Å². The number of likely N-dealkylation sites (tertiary alicyclic amines) is 1. The lowest BCUT2D eigenvalue weighted by atomic mass is 10.1. The first kappa shape index (κ1) is 15.5. The lowest BCUT2D eigenvalue weighted by Gasteiger charge is -2.23. The number of aliphatic hydroxyl groups is 1. The molecule has 0 aliphatic carbocycles. The average molecular weight is 276 g/mol. The third-order valence-electron chi connectivity index (χ3n) is 4.40. The Morgan fingerprint density at radius 1 is 1.25 bits per heavy atom. The van der Waals surface area contributed by atoms with Crippen LogP contribution in [0.25, 0.3) is 0 Å². The number of β-amino-alcohol motifs (C(OH)–C–C–N with tert-alkyl or cyclic N) is 1. The minimum atomic E-state index is -0.358. The third-order valence-corrected chi connectivity index (χ3v) is 4.40. The summed E-state index contributed by atoms with van der Waals surface area (Å²) in [4.78, 5) is 4.91. The van der Waals surface area contributed by atoms with Crippen molar-refractivity contribution in [2.24, 2.45) is 5.92 Å². The molecule has 1 aromatic carbocycles. The Bertz CT molecular complexity index is 378. The Morgan fingerprint density at radius 3 is 2.60 bits per heavy atom. The number of nitrogens with zero attached hydrogens (tertiary/aromatic N) is 2. The van der Waals surface area contributed by atoms with Gasteiger partial charge in [0.1, 0.15) is 0 Å². The quantitative estimate of drug-likeness (QED) is 0.828. The molecule has 0 spiro atoms. The van der Waals surface area contributed by atoms with E-state index in [0.717, 1.165) is 44.2 Å². The van der Waals surface area contributed by atoms with E-state index in [1.807, 2.05) is 30.3 Å². The van der Waals surface area contributed by atoms with Crippen molar-refractivity contribution in [1.82, 2.24) is 9.80 Å². The highest BCUT2D eigenvalue weighted by Crippen LogP contribution is 2.21. The summed E-state index contributed by atoms with van der Waals surface area (Å²) in [5.41, 5.74) is 1.03. The fourth-order valence-corrected chi connectivity index (χ4v) is 3.10. The molecule has 3 nitrogen and oxygen atoms in total. The average Bonchev–Trinajstić information content (AvgIpc) is 2.92. The van der Waals surface area contributed by atoms with Gasteiger partial charge in [0.2, 0.25) is 0 Å². The van der Waals surface area contributed by atoms with Crippen LogP contribution in [0.1, 0.15) is 31.9 Å². The van der Waals surface area contributed by atoms with E-state index in [2.05, 4.69) is 23.6 Å². The Kier molecular flexibility index (Phi) is 6.02. The standard InChI is InChI=1S/C17H28N2O/c1-3-18(4-2)12-15-10-11-19(13-15)14-17(20)16-8-6-5-7-9-16/h5-9,15,17,20H,3-4,10-14H2,1-2H3. The first-order valence-electron chi connectivity index (χ1n) is 7.90. The Hall–Kier alpha value is -0.900. The van der Waals surface area contributed by atoms with Crippen LogP contribution >= 0.6 is 0 Å². The van der Waals surface area contributed by atoms with Crippen LogP contribution in [-0.2, 0) is 0 Å². The summed E-state index contributed by atoms with van der Waals surface area (Å²) < 4.78 is 0. The number of rotatable bonds is 7. The molecular weight excluding hydrogens is 248 g/mol. The molecule has 2 rings (SSSR count). The summed E-state index contributed by atoms with van der Waals surface area (Å²) in [5.74, 6) is 0.762. The van der Waals surface area contributed by atoms with Gasteiger partial charge in [-0.2, -0.15) is 0 Å². The smallest absolute Gasteiger partial charge is 0.0916 e. The van der Waals surface area contributed by atoms with Gasteiger partial charge in [0.25, 0.3) is 0 Å². The van der Waals surface area contributed by atoms with Crippen molar-refractivity contribution in [3.8, 4) is 0 Å². The topological polar surface area (TPSA) is 26.7 Å².